The van der Waals surface area contributed by atoms with Crippen LogP contribution in [0.1, 0.15) is 0 Å². The number of aromatic nitrogens is 1. The van der Waals surface area contributed by atoms with Crippen molar-refractivity contribution in [1.29, 1.82) is 5.26 Å². The van der Waals surface area contributed by atoms with E-state index in [1.165, 1.54) is 4.90 Å². The van der Waals surface area contributed by atoms with Crippen LogP contribution in [0.25, 0.3) is 10.9 Å². The lowest BCUT2D eigenvalue weighted by atomic mass is 10.2. The van der Waals surface area contributed by atoms with Crippen molar-refractivity contribution in [2.75, 3.05) is 11.4 Å². The molecule has 1 heterocycles. The predicted molar refractivity (Wildman–Crippen MR) is 57.3 cm³/mol. The first-order valence-corrected chi connectivity index (χ1v) is 4.52. The van der Waals surface area contributed by atoms with Gasteiger partial charge in [-0.05, 0) is 12.1 Å². The summed E-state index contributed by atoms with van der Waals surface area (Å²) in [5, 5.41) is 9.62. The van der Waals surface area contributed by atoms with Crippen LogP contribution < -0.4 is 4.90 Å². The van der Waals surface area contributed by atoms with Gasteiger partial charge in [0, 0.05) is 11.6 Å². The van der Waals surface area contributed by atoms with Crippen LogP contribution in [-0.4, -0.2) is 17.9 Å². The highest BCUT2D eigenvalue weighted by atomic mass is 16.1. The van der Waals surface area contributed by atoms with E-state index in [2.05, 4.69) is 4.98 Å². The summed E-state index contributed by atoms with van der Waals surface area (Å²) in [5.74, 6) is 0. The molecule has 0 aliphatic rings. The second kappa shape index (κ2) is 3.84. The predicted octanol–water partition coefficient (Wildman–Crippen LogP) is 1.65. The fraction of sp³-hybridized carbons (Fsp3) is 0.0909. The van der Waals surface area contributed by atoms with Gasteiger partial charge >= 0.3 is 0 Å². The Morgan fingerprint density at radius 2 is 2.33 bits per heavy atom. The summed E-state index contributed by atoms with van der Waals surface area (Å²) < 4.78 is 0. The molecule has 0 spiro atoms. The summed E-state index contributed by atoms with van der Waals surface area (Å²) >= 11 is 0. The van der Waals surface area contributed by atoms with E-state index in [4.69, 9.17) is 5.26 Å². The van der Waals surface area contributed by atoms with Gasteiger partial charge in [-0.2, -0.15) is 5.26 Å². The van der Waals surface area contributed by atoms with Crippen LogP contribution >= 0.6 is 0 Å². The number of hydrogen-bond donors (Lipinski definition) is 1. The molecule has 0 saturated carbocycles. The minimum Gasteiger partial charge on any atom is -0.359 e. The summed E-state index contributed by atoms with van der Waals surface area (Å²) in [6.45, 7) is 0.0572. The molecule has 1 aromatic heterocycles. The number of aromatic amines is 1. The Hall–Kier alpha value is -2.28. The molecule has 0 bridgehead atoms. The number of rotatable bonds is 3. The highest BCUT2D eigenvalue weighted by Crippen LogP contribution is 2.24. The Labute approximate surface area is 86.7 Å². The zero-order valence-electron chi connectivity index (χ0n) is 7.97. The van der Waals surface area contributed by atoms with Gasteiger partial charge in [0.25, 0.3) is 0 Å². The summed E-state index contributed by atoms with van der Waals surface area (Å²) in [4.78, 5) is 15.2. The molecular formula is C11H9N3O. The van der Waals surface area contributed by atoms with Crippen molar-refractivity contribution in [2.24, 2.45) is 0 Å². The van der Waals surface area contributed by atoms with E-state index >= 15 is 0 Å². The summed E-state index contributed by atoms with van der Waals surface area (Å²) in [7, 11) is 0. The molecule has 0 fully saturated rings. The molecule has 0 aliphatic carbocycles. The molecule has 74 valence electrons. The Morgan fingerprint density at radius 3 is 3.07 bits per heavy atom. The van der Waals surface area contributed by atoms with Gasteiger partial charge in [-0.3, -0.25) is 9.69 Å². The van der Waals surface area contributed by atoms with Crippen molar-refractivity contribution in [3.8, 4) is 6.07 Å². The molecule has 2 aromatic rings. The van der Waals surface area contributed by atoms with Gasteiger partial charge in [-0.15, -0.1) is 0 Å². The SMILES string of the molecule is N#CCN(C=O)c1cccc2cc[nH]c12. The van der Waals surface area contributed by atoms with E-state index in [-0.39, 0.29) is 6.54 Å². The molecule has 0 aliphatic heterocycles. The van der Waals surface area contributed by atoms with Crippen LogP contribution in [0.15, 0.2) is 30.5 Å². The average molecular weight is 199 g/mol. The van der Waals surface area contributed by atoms with Crippen molar-refractivity contribution in [3.05, 3.63) is 30.5 Å². The Kier molecular flexibility index (Phi) is 2.38. The van der Waals surface area contributed by atoms with Crippen molar-refractivity contribution in [2.45, 2.75) is 0 Å². The molecule has 0 unspecified atom stereocenters. The largest absolute Gasteiger partial charge is 0.359 e. The smallest absolute Gasteiger partial charge is 0.215 e. The molecule has 0 atom stereocenters. The Morgan fingerprint density at radius 1 is 1.47 bits per heavy atom. The number of H-pyrrole nitrogens is 1. The van der Waals surface area contributed by atoms with Gasteiger partial charge in [-0.1, -0.05) is 12.1 Å². The number of hydrogen-bond acceptors (Lipinski definition) is 2. The molecule has 1 amide bonds. The number of benzene rings is 1. The molecule has 4 nitrogen and oxygen atoms in total. The minimum atomic E-state index is 0.0572. The Bertz CT molecular complexity index is 524. The van der Waals surface area contributed by atoms with Crippen LogP contribution in [0.2, 0.25) is 0 Å². The maximum atomic E-state index is 10.8. The van der Waals surface area contributed by atoms with Crippen LogP contribution in [-0.2, 0) is 4.79 Å². The van der Waals surface area contributed by atoms with E-state index in [1.54, 1.807) is 0 Å². The molecule has 2 rings (SSSR count). The van der Waals surface area contributed by atoms with Gasteiger partial charge in [0.2, 0.25) is 6.41 Å². The van der Waals surface area contributed by atoms with E-state index in [0.717, 1.165) is 16.6 Å². The van der Waals surface area contributed by atoms with Gasteiger partial charge in [0.05, 0.1) is 17.3 Å². The summed E-state index contributed by atoms with van der Waals surface area (Å²) in [6, 6.07) is 9.50. The molecule has 1 N–H and O–H groups in total. The zero-order chi connectivity index (χ0) is 10.7. The topological polar surface area (TPSA) is 59.9 Å². The third-order valence-corrected chi connectivity index (χ3v) is 2.24. The van der Waals surface area contributed by atoms with Gasteiger partial charge in [0.1, 0.15) is 6.54 Å². The number of anilines is 1. The van der Waals surface area contributed by atoms with Gasteiger partial charge in [0.15, 0.2) is 0 Å². The first kappa shape index (κ1) is 9.28. The first-order chi connectivity index (χ1) is 7.36. The maximum Gasteiger partial charge on any atom is 0.215 e. The van der Waals surface area contributed by atoms with Crippen LogP contribution in [0.3, 0.4) is 0 Å². The minimum absolute atomic E-state index is 0.0572. The highest BCUT2D eigenvalue weighted by molar-refractivity contribution is 5.96. The van der Waals surface area contributed by atoms with Crippen molar-refractivity contribution in [1.82, 2.24) is 4.98 Å². The number of carbonyl (C=O) groups is 1. The molecule has 0 saturated heterocycles. The highest BCUT2D eigenvalue weighted by Gasteiger charge is 2.08. The quantitative estimate of drug-likeness (QED) is 0.603. The lowest BCUT2D eigenvalue weighted by Gasteiger charge is -2.14. The monoisotopic (exact) mass is 199 g/mol. The molecule has 0 radical (unpaired) electrons. The molecule has 15 heavy (non-hydrogen) atoms. The van der Waals surface area contributed by atoms with Crippen LogP contribution in [0.4, 0.5) is 5.69 Å². The maximum absolute atomic E-state index is 10.8. The lowest BCUT2D eigenvalue weighted by molar-refractivity contribution is -0.107. The number of fused-ring (bicyclic) bond motifs is 1. The van der Waals surface area contributed by atoms with Crippen LogP contribution in [0, 0.1) is 11.3 Å². The molecule has 1 aromatic carbocycles. The second-order valence-electron chi connectivity index (χ2n) is 3.11. The normalized spacial score (nSPS) is 9.80. The van der Waals surface area contributed by atoms with E-state index < -0.39 is 0 Å². The zero-order valence-corrected chi connectivity index (χ0v) is 7.97. The number of carbonyl (C=O) groups excluding carboxylic acids is 1. The third kappa shape index (κ3) is 1.55. The fourth-order valence-electron chi connectivity index (χ4n) is 1.56. The van der Waals surface area contributed by atoms with E-state index in [1.807, 2.05) is 36.5 Å². The summed E-state index contributed by atoms with van der Waals surface area (Å²) in [5.41, 5.74) is 1.61. The van der Waals surface area contributed by atoms with Crippen molar-refractivity contribution < 1.29 is 4.79 Å². The summed E-state index contributed by atoms with van der Waals surface area (Å²) in [6.07, 6.45) is 2.47. The number of nitrogens with zero attached hydrogens (tertiary/aromatic N) is 2. The fourth-order valence-corrected chi connectivity index (χ4v) is 1.56. The number of nitriles is 1. The van der Waals surface area contributed by atoms with Gasteiger partial charge < -0.3 is 4.98 Å². The van der Waals surface area contributed by atoms with Crippen molar-refractivity contribution >= 4 is 23.0 Å². The van der Waals surface area contributed by atoms with E-state index in [0.29, 0.717) is 6.41 Å². The standard InChI is InChI=1S/C11H9N3O/c12-5-7-14(8-15)10-3-1-2-9-4-6-13-11(9)10/h1-4,6,8,13H,7H2. The van der Waals surface area contributed by atoms with E-state index in [9.17, 15) is 4.79 Å². The molecule has 4 heteroatoms. The number of amides is 1. The lowest BCUT2D eigenvalue weighted by Crippen LogP contribution is -2.21. The average Bonchev–Trinajstić information content (AvgIpc) is 2.73. The second-order valence-corrected chi connectivity index (χ2v) is 3.11. The van der Waals surface area contributed by atoms with Crippen LogP contribution in [0.5, 0.6) is 0 Å². The van der Waals surface area contributed by atoms with Crippen molar-refractivity contribution in [3.63, 3.8) is 0 Å². The molecular weight excluding hydrogens is 190 g/mol. The Balaban J connectivity index is 2.54. The number of para-hydroxylation sites is 1. The number of nitrogens with one attached hydrogen (secondary N) is 1. The third-order valence-electron chi connectivity index (χ3n) is 2.24. The van der Waals surface area contributed by atoms with Gasteiger partial charge in [-0.25, -0.2) is 0 Å². The first-order valence-electron chi connectivity index (χ1n) is 4.52.